The smallest absolute Gasteiger partial charge is 0.303 e. The number of hydrogen-bond acceptors (Lipinski definition) is 3. The number of rotatable bonds is 0. The summed E-state index contributed by atoms with van der Waals surface area (Å²) >= 11 is 0. The molecular formula is C6H15NO8P2. The van der Waals surface area contributed by atoms with Gasteiger partial charge in [-0.05, 0) is 12.1 Å². The van der Waals surface area contributed by atoms with Gasteiger partial charge in [-0.2, -0.15) is 0 Å². The van der Waals surface area contributed by atoms with Crippen molar-refractivity contribution in [3.8, 4) is 0 Å². The first-order valence-corrected chi connectivity index (χ1v) is 6.55. The number of aromatic nitrogens is 1. The molecule has 1 heterocycles. The van der Waals surface area contributed by atoms with Crippen molar-refractivity contribution in [2.75, 3.05) is 0 Å². The molecule has 6 N–H and O–H groups in total. The van der Waals surface area contributed by atoms with Crippen LogP contribution < -0.4 is 0 Å². The topological polar surface area (TPSA) is 168 Å². The van der Waals surface area contributed by atoms with E-state index < -0.39 is 15.6 Å². The van der Waals surface area contributed by atoms with Crippen LogP contribution in [0, 0.1) is 0 Å². The van der Waals surface area contributed by atoms with Crippen LogP contribution in [-0.4, -0.2) is 34.3 Å². The van der Waals surface area contributed by atoms with Gasteiger partial charge in [0.15, 0.2) is 0 Å². The third kappa shape index (κ3) is 95.3. The summed E-state index contributed by atoms with van der Waals surface area (Å²) in [5, 5.41) is 0. The molecule has 0 amide bonds. The van der Waals surface area contributed by atoms with Gasteiger partial charge in [0.25, 0.3) is 0 Å². The maximum Gasteiger partial charge on any atom is 0.466 e. The number of phosphoric acid groups is 2. The van der Waals surface area contributed by atoms with Crippen molar-refractivity contribution in [3.05, 3.63) is 30.6 Å². The minimum atomic E-state index is -4.64. The SMILES string of the molecule is C.O=P(O)(O)O.O=P(O)(O)O.c1ccncc1. The van der Waals surface area contributed by atoms with Gasteiger partial charge < -0.3 is 29.4 Å². The van der Waals surface area contributed by atoms with E-state index in [1.54, 1.807) is 12.4 Å². The Balaban J connectivity index is -0.000000170. The minimum absolute atomic E-state index is 0. The fourth-order valence-corrected chi connectivity index (χ4v) is 0.313. The lowest BCUT2D eigenvalue weighted by atomic mass is 10.5. The van der Waals surface area contributed by atoms with Crippen LogP contribution >= 0.6 is 15.6 Å². The van der Waals surface area contributed by atoms with Gasteiger partial charge in [0.05, 0.1) is 0 Å². The van der Waals surface area contributed by atoms with E-state index in [0.717, 1.165) is 0 Å². The molecule has 102 valence electrons. The van der Waals surface area contributed by atoms with Crippen LogP contribution in [0.4, 0.5) is 0 Å². The highest BCUT2D eigenvalue weighted by molar-refractivity contribution is 7.45. The zero-order valence-electron chi connectivity index (χ0n) is 7.73. The van der Waals surface area contributed by atoms with Crippen molar-refractivity contribution in [2.45, 2.75) is 7.43 Å². The van der Waals surface area contributed by atoms with Gasteiger partial charge in [-0.3, -0.25) is 4.98 Å². The van der Waals surface area contributed by atoms with E-state index >= 15 is 0 Å². The molecule has 17 heavy (non-hydrogen) atoms. The lowest BCUT2D eigenvalue weighted by Gasteiger charge is -1.82. The summed E-state index contributed by atoms with van der Waals surface area (Å²) in [6, 6.07) is 5.72. The monoisotopic (exact) mass is 291 g/mol. The Bertz CT molecular complexity index is 283. The third-order valence-corrected chi connectivity index (χ3v) is 0.566. The second-order valence-electron chi connectivity index (χ2n) is 2.05. The molecule has 0 radical (unpaired) electrons. The molecule has 0 aliphatic heterocycles. The Kier molecular flexibility index (Phi) is 13.4. The predicted molar refractivity (Wildman–Crippen MR) is 59.5 cm³/mol. The zero-order valence-corrected chi connectivity index (χ0v) is 9.52. The molecule has 1 rings (SSSR count). The summed E-state index contributed by atoms with van der Waals surface area (Å²) in [5.74, 6) is 0. The summed E-state index contributed by atoms with van der Waals surface area (Å²) in [5.41, 5.74) is 0. The standard InChI is InChI=1S/C5H5N.CH4.2H3O4P/c1-2-4-6-5-3-1;;2*1-5(2,3)4/h1-5H;1H4;2*(H3,1,2,3,4). The normalized spacial score (nSPS) is 9.76. The zero-order chi connectivity index (χ0) is 13.2. The molecule has 1 aromatic rings. The molecule has 0 fully saturated rings. The third-order valence-electron chi connectivity index (χ3n) is 0.566. The molecule has 0 bridgehead atoms. The average molecular weight is 291 g/mol. The van der Waals surface area contributed by atoms with Crippen molar-refractivity contribution in [3.63, 3.8) is 0 Å². The van der Waals surface area contributed by atoms with Gasteiger partial charge in [-0.15, -0.1) is 0 Å². The van der Waals surface area contributed by atoms with E-state index in [0.29, 0.717) is 0 Å². The van der Waals surface area contributed by atoms with Crippen molar-refractivity contribution in [1.29, 1.82) is 0 Å². The predicted octanol–water partition coefficient (Wildman–Crippen LogP) is -0.140. The quantitative estimate of drug-likeness (QED) is 0.356. The minimum Gasteiger partial charge on any atom is -0.303 e. The van der Waals surface area contributed by atoms with Crippen LogP contribution in [0.5, 0.6) is 0 Å². The molecule has 0 unspecified atom stereocenters. The first kappa shape index (κ1) is 21.6. The van der Waals surface area contributed by atoms with Crippen molar-refractivity contribution in [1.82, 2.24) is 4.98 Å². The molecule has 0 aromatic carbocycles. The second kappa shape index (κ2) is 10.5. The summed E-state index contributed by atoms with van der Waals surface area (Å²) in [7, 11) is -9.28. The van der Waals surface area contributed by atoms with Gasteiger partial charge in [0.2, 0.25) is 0 Å². The van der Waals surface area contributed by atoms with Crippen LogP contribution in [0.1, 0.15) is 7.43 Å². The molecule has 0 aliphatic carbocycles. The average Bonchev–Trinajstić information content (AvgIpc) is 2.01. The van der Waals surface area contributed by atoms with Crippen LogP contribution in [0.25, 0.3) is 0 Å². The molecule has 0 atom stereocenters. The van der Waals surface area contributed by atoms with Gasteiger partial charge in [-0.25, -0.2) is 9.13 Å². The van der Waals surface area contributed by atoms with Crippen molar-refractivity contribution >= 4 is 15.6 Å². The van der Waals surface area contributed by atoms with Gasteiger partial charge in [0, 0.05) is 12.4 Å². The number of hydrogen-bond donors (Lipinski definition) is 6. The van der Waals surface area contributed by atoms with Crippen LogP contribution in [0.15, 0.2) is 30.6 Å². The van der Waals surface area contributed by atoms with E-state index in [9.17, 15) is 0 Å². The van der Waals surface area contributed by atoms with E-state index in [1.165, 1.54) is 0 Å². The Morgan fingerprint density at radius 1 is 0.706 bits per heavy atom. The van der Waals surface area contributed by atoms with E-state index in [2.05, 4.69) is 4.98 Å². The maximum atomic E-state index is 8.88. The van der Waals surface area contributed by atoms with E-state index in [-0.39, 0.29) is 7.43 Å². The fraction of sp³-hybridized carbons (Fsp3) is 0.167. The lowest BCUT2D eigenvalue weighted by molar-refractivity contribution is 0.272. The molecule has 0 aliphatic rings. The van der Waals surface area contributed by atoms with Gasteiger partial charge in [0.1, 0.15) is 0 Å². The molecule has 9 nitrogen and oxygen atoms in total. The van der Waals surface area contributed by atoms with Crippen LogP contribution in [0.2, 0.25) is 0 Å². The summed E-state index contributed by atoms with van der Waals surface area (Å²) in [6.45, 7) is 0. The summed E-state index contributed by atoms with van der Waals surface area (Å²) < 4.78 is 17.8. The highest BCUT2D eigenvalue weighted by atomic mass is 31.2. The lowest BCUT2D eigenvalue weighted by Crippen LogP contribution is -1.66. The Labute approximate surface area is 97.9 Å². The van der Waals surface area contributed by atoms with Crippen LogP contribution in [0.3, 0.4) is 0 Å². The second-order valence-corrected chi connectivity index (χ2v) is 4.10. The van der Waals surface area contributed by atoms with Crippen LogP contribution in [-0.2, 0) is 9.13 Å². The Morgan fingerprint density at radius 2 is 0.941 bits per heavy atom. The first-order chi connectivity index (χ1) is 7.00. The summed E-state index contributed by atoms with van der Waals surface area (Å²) in [6.07, 6.45) is 3.50. The Morgan fingerprint density at radius 3 is 1.00 bits per heavy atom. The van der Waals surface area contributed by atoms with Gasteiger partial charge >= 0.3 is 15.6 Å². The highest BCUT2D eigenvalue weighted by Gasteiger charge is 2.00. The Hall–Kier alpha value is -0.630. The molecule has 1 aromatic heterocycles. The number of pyridine rings is 1. The van der Waals surface area contributed by atoms with Crippen molar-refractivity contribution < 1.29 is 38.5 Å². The van der Waals surface area contributed by atoms with Gasteiger partial charge in [-0.1, -0.05) is 13.5 Å². The highest BCUT2D eigenvalue weighted by Crippen LogP contribution is 2.26. The molecule has 0 saturated heterocycles. The molecular weight excluding hydrogens is 276 g/mol. The maximum absolute atomic E-state index is 8.88. The number of nitrogens with zero attached hydrogens (tertiary/aromatic N) is 1. The first-order valence-electron chi connectivity index (χ1n) is 3.41. The fourth-order valence-electron chi connectivity index (χ4n) is 0.313. The largest absolute Gasteiger partial charge is 0.466 e. The molecule has 11 heteroatoms. The summed E-state index contributed by atoms with van der Waals surface area (Å²) in [4.78, 5) is 46.9. The van der Waals surface area contributed by atoms with E-state index in [1.807, 2.05) is 18.2 Å². The molecule has 0 spiro atoms. The van der Waals surface area contributed by atoms with E-state index in [4.69, 9.17) is 38.5 Å². The molecule has 0 saturated carbocycles. The van der Waals surface area contributed by atoms with Crippen molar-refractivity contribution in [2.24, 2.45) is 0 Å².